The van der Waals surface area contributed by atoms with Crippen LogP contribution in [0.5, 0.6) is 0 Å². The maximum Gasteiger partial charge on any atom is 0.246 e. The van der Waals surface area contributed by atoms with E-state index in [1.807, 2.05) is 50.2 Å². The molecule has 0 bridgehead atoms. The fraction of sp³-hybridized carbons (Fsp3) is 0.350. The van der Waals surface area contributed by atoms with Gasteiger partial charge >= 0.3 is 0 Å². The molecule has 25 heavy (non-hydrogen) atoms. The van der Waals surface area contributed by atoms with E-state index >= 15 is 0 Å². The van der Waals surface area contributed by atoms with Gasteiger partial charge in [0, 0.05) is 37.1 Å². The highest BCUT2D eigenvalue weighted by Gasteiger charge is 2.33. The third-order valence-corrected chi connectivity index (χ3v) is 4.69. The number of aryl methyl sites for hydroxylation is 2. The van der Waals surface area contributed by atoms with Gasteiger partial charge < -0.3 is 9.80 Å². The van der Waals surface area contributed by atoms with Gasteiger partial charge in [0.1, 0.15) is 6.54 Å². The highest BCUT2D eigenvalue weighted by Crippen LogP contribution is 2.24. The summed E-state index contributed by atoms with van der Waals surface area (Å²) in [5.41, 5.74) is 3.09. The molecule has 5 heteroatoms. The van der Waals surface area contributed by atoms with Crippen LogP contribution in [-0.2, 0) is 16.0 Å². The predicted octanol–water partition coefficient (Wildman–Crippen LogP) is 2.59. The molecular weight excluding hydrogens is 314 g/mol. The van der Waals surface area contributed by atoms with Crippen molar-refractivity contribution in [3.8, 4) is 0 Å². The quantitative estimate of drug-likeness (QED) is 0.862. The molecule has 2 heterocycles. The Labute approximate surface area is 148 Å². The zero-order valence-electron chi connectivity index (χ0n) is 14.7. The Hall–Kier alpha value is -2.69. The van der Waals surface area contributed by atoms with Crippen LogP contribution in [0.15, 0.2) is 48.8 Å². The van der Waals surface area contributed by atoms with Gasteiger partial charge in [0.25, 0.3) is 0 Å². The fourth-order valence-corrected chi connectivity index (χ4v) is 3.23. The molecule has 0 saturated carbocycles. The standard InChI is InChI=1S/C20H23N3O2/c1-15-5-3-4-6-18(15)23-13-16(2)22(14-20(23)25)19(24)8-7-17-9-11-21-12-10-17/h3-6,9-12,16H,7-8,13-14H2,1-2H3/t16-/m0/s1. The number of hydrogen-bond donors (Lipinski definition) is 0. The number of amides is 2. The smallest absolute Gasteiger partial charge is 0.246 e. The van der Waals surface area contributed by atoms with Crippen molar-refractivity contribution in [3.05, 3.63) is 59.9 Å². The zero-order valence-corrected chi connectivity index (χ0v) is 14.7. The fourth-order valence-electron chi connectivity index (χ4n) is 3.23. The van der Waals surface area contributed by atoms with E-state index in [1.54, 1.807) is 22.2 Å². The van der Waals surface area contributed by atoms with Crippen LogP contribution in [0.1, 0.15) is 24.5 Å². The van der Waals surface area contributed by atoms with Crippen LogP contribution in [0, 0.1) is 6.92 Å². The second-order valence-corrected chi connectivity index (χ2v) is 6.52. The molecule has 0 N–H and O–H groups in total. The molecule has 0 aliphatic carbocycles. The minimum atomic E-state index is -0.0235. The summed E-state index contributed by atoms with van der Waals surface area (Å²) in [5.74, 6) is 0.00626. The molecular formula is C20H23N3O2. The Balaban J connectivity index is 1.65. The van der Waals surface area contributed by atoms with Crippen LogP contribution in [0.3, 0.4) is 0 Å². The average molecular weight is 337 g/mol. The number of rotatable bonds is 4. The number of nitrogens with zero attached hydrogens (tertiary/aromatic N) is 3. The van der Waals surface area contributed by atoms with Crippen LogP contribution >= 0.6 is 0 Å². The molecule has 2 amide bonds. The van der Waals surface area contributed by atoms with Crippen molar-refractivity contribution in [2.75, 3.05) is 18.0 Å². The first kappa shape index (κ1) is 17.1. The summed E-state index contributed by atoms with van der Waals surface area (Å²) in [4.78, 5) is 32.7. The molecule has 0 unspecified atom stereocenters. The summed E-state index contributed by atoms with van der Waals surface area (Å²) in [6.07, 6.45) is 4.53. The lowest BCUT2D eigenvalue weighted by Crippen LogP contribution is -2.57. The lowest BCUT2D eigenvalue weighted by molar-refractivity contribution is -0.139. The molecule has 1 aromatic heterocycles. The molecule has 130 valence electrons. The molecule has 1 fully saturated rings. The summed E-state index contributed by atoms with van der Waals surface area (Å²) in [6, 6.07) is 11.7. The summed E-state index contributed by atoms with van der Waals surface area (Å²) in [5, 5.41) is 0. The number of anilines is 1. The predicted molar refractivity (Wildman–Crippen MR) is 97.3 cm³/mol. The summed E-state index contributed by atoms with van der Waals surface area (Å²) in [7, 11) is 0. The number of carbonyl (C=O) groups excluding carboxylic acids is 2. The normalized spacial score (nSPS) is 17.7. The molecule has 1 aromatic carbocycles. The van der Waals surface area contributed by atoms with Gasteiger partial charge in [-0.1, -0.05) is 18.2 Å². The second-order valence-electron chi connectivity index (χ2n) is 6.52. The minimum Gasteiger partial charge on any atom is -0.329 e. The maximum atomic E-state index is 12.6. The van der Waals surface area contributed by atoms with E-state index in [9.17, 15) is 9.59 Å². The van der Waals surface area contributed by atoms with Gasteiger partial charge in [-0.15, -0.1) is 0 Å². The third-order valence-electron chi connectivity index (χ3n) is 4.69. The summed E-state index contributed by atoms with van der Waals surface area (Å²) < 4.78 is 0. The maximum absolute atomic E-state index is 12.6. The van der Waals surface area contributed by atoms with Crippen molar-refractivity contribution in [2.45, 2.75) is 32.7 Å². The number of carbonyl (C=O) groups is 2. The molecule has 3 rings (SSSR count). The van der Waals surface area contributed by atoms with E-state index < -0.39 is 0 Å². The summed E-state index contributed by atoms with van der Waals surface area (Å²) in [6.45, 7) is 4.68. The second kappa shape index (κ2) is 7.47. The molecule has 1 saturated heterocycles. The van der Waals surface area contributed by atoms with Crippen molar-refractivity contribution in [2.24, 2.45) is 0 Å². The van der Waals surface area contributed by atoms with Crippen LogP contribution in [0.25, 0.3) is 0 Å². The number of piperazine rings is 1. The van der Waals surface area contributed by atoms with Crippen LogP contribution in [0.2, 0.25) is 0 Å². The number of benzene rings is 1. The Morgan fingerprint density at radius 2 is 1.92 bits per heavy atom. The van der Waals surface area contributed by atoms with Crippen molar-refractivity contribution in [3.63, 3.8) is 0 Å². The van der Waals surface area contributed by atoms with Crippen LogP contribution in [-0.4, -0.2) is 40.8 Å². The van der Waals surface area contributed by atoms with Gasteiger partial charge in [-0.2, -0.15) is 0 Å². The van der Waals surface area contributed by atoms with Crippen molar-refractivity contribution in [1.82, 2.24) is 9.88 Å². The Morgan fingerprint density at radius 3 is 2.64 bits per heavy atom. The molecule has 5 nitrogen and oxygen atoms in total. The van der Waals surface area contributed by atoms with Gasteiger partial charge in [0.2, 0.25) is 11.8 Å². The average Bonchev–Trinajstić information content (AvgIpc) is 2.63. The van der Waals surface area contributed by atoms with E-state index in [0.29, 0.717) is 19.4 Å². The molecule has 1 aliphatic heterocycles. The van der Waals surface area contributed by atoms with E-state index in [0.717, 1.165) is 16.8 Å². The first-order valence-electron chi connectivity index (χ1n) is 8.60. The molecule has 0 radical (unpaired) electrons. The summed E-state index contributed by atoms with van der Waals surface area (Å²) >= 11 is 0. The number of aromatic nitrogens is 1. The van der Waals surface area contributed by atoms with E-state index in [1.165, 1.54) is 0 Å². The van der Waals surface area contributed by atoms with Gasteiger partial charge in [-0.05, 0) is 49.6 Å². The SMILES string of the molecule is Cc1ccccc1N1C[C@H](C)N(C(=O)CCc2ccncc2)CC1=O. The number of hydrogen-bond acceptors (Lipinski definition) is 3. The van der Waals surface area contributed by atoms with E-state index in [-0.39, 0.29) is 24.4 Å². The van der Waals surface area contributed by atoms with Gasteiger partial charge in [0.05, 0.1) is 0 Å². The number of para-hydroxylation sites is 1. The van der Waals surface area contributed by atoms with Gasteiger partial charge in [0.15, 0.2) is 0 Å². The first-order valence-corrected chi connectivity index (χ1v) is 8.60. The number of pyridine rings is 1. The molecule has 2 aromatic rings. The third kappa shape index (κ3) is 3.87. The van der Waals surface area contributed by atoms with E-state index in [2.05, 4.69) is 4.98 Å². The minimum absolute atomic E-state index is 0.00208. The lowest BCUT2D eigenvalue weighted by atomic mass is 10.1. The van der Waals surface area contributed by atoms with Crippen molar-refractivity contribution < 1.29 is 9.59 Å². The zero-order chi connectivity index (χ0) is 17.8. The van der Waals surface area contributed by atoms with Gasteiger partial charge in [-0.25, -0.2) is 0 Å². The van der Waals surface area contributed by atoms with Gasteiger partial charge in [-0.3, -0.25) is 14.6 Å². The monoisotopic (exact) mass is 337 g/mol. The van der Waals surface area contributed by atoms with Crippen LogP contribution < -0.4 is 4.90 Å². The lowest BCUT2D eigenvalue weighted by Gasteiger charge is -2.40. The van der Waals surface area contributed by atoms with Crippen LogP contribution in [0.4, 0.5) is 5.69 Å². The topological polar surface area (TPSA) is 53.5 Å². The molecule has 1 aliphatic rings. The van der Waals surface area contributed by atoms with E-state index in [4.69, 9.17) is 0 Å². The Morgan fingerprint density at radius 1 is 1.20 bits per heavy atom. The highest BCUT2D eigenvalue weighted by molar-refractivity contribution is 5.98. The Bertz CT molecular complexity index is 761. The largest absolute Gasteiger partial charge is 0.329 e. The Kier molecular flexibility index (Phi) is 5.12. The van der Waals surface area contributed by atoms with Crippen molar-refractivity contribution >= 4 is 17.5 Å². The molecule has 1 atom stereocenters. The van der Waals surface area contributed by atoms with Crippen molar-refractivity contribution in [1.29, 1.82) is 0 Å². The highest BCUT2D eigenvalue weighted by atomic mass is 16.2. The first-order chi connectivity index (χ1) is 12.1. The molecule has 0 spiro atoms.